The van der Waals surface area contributed by atoms with Gasteiger partial charge in [-0.1, -0.05) is 17.7 Å². The Morgan fingerprint density at radius 1 is 1.45 bits per heavy atom. The van der Waals surface area contributed by atoms with Crippen molar-refractivity contribution in [1.29, 1.82) is 0 Å². The second kappa shape index (κ2) is 5.42. The van der Waals surface area contributed by atoms with Crippen LogP contribution in [0.2, 0.25) is 5.02 Å². The lowest BCUT2D eigenvalue weighted by molar-refractivity contribution is 0.500. The first-order chi connectivity index (χ1) is 9.63. The minimum absolute atomic E-state index is 0.207. The van der Waals surface area contributed by atoms with Gasteiger partial charge in [-0.3, -0.25) is 5.10 Å². The summed E-state index contributed by atoms with van der Waals surface area (Å²) in [5.41, 5.74) is 8.10. The quantitative estimate of drug-likeness (QED) is 0.891. The standard InChI is InChI=1S/C14H18ClN5/c1-9-4-5-10(15)7-12(9)13-17-14(19-18-13)20-6-2-3-11(16)8-20/h4-5,7,11H,2-3,6,8,16H2,1H3,(H,17,18,19). The van der Waals surface area contributed by atoms with Gasteiger partial charge < -0.3 is 10.6 Å². The maximum absolute atomic E-state index is 6.05. The smallest absolute Gasteiger partial charge is 0.245 e. The number of hydrogen-bond donors (Lipinski definition) is 2. The van der Waals surface area contributed by atoms with E-state index in [9.17, 15) is 0 Å². The molecule has 106 valence electrons. The molecule has 1 aromatic carbocycles. The van der Waals surface area contributed by atoms with Crippen LogP contribution < -0.4 is 10.6 Å². The molecule has 20 heavy (non-hydrogen) atoms. The van der Waals surface area contributed by atoms with Gasteiger partial charge in [-0.2, -0.15) is 4.98 Å². The fourth-order valence-corrected chi connectivity index (χ4v) is 2.73. The number of halogens is 1. The first-order valence-electron chi connectivity index (χ1n) is 6.83. The largest absolute Gasteiger partial charge is 0.338 e. The van der Waals surface area contributed by atoms with Crippen molar-refractivity contribution in [1.82, 2.24) is 15.2 Å². The molecular weight excluding hydrogens is 274 g/mol. The average molecular weight is 292 g/mol. The van der Waals surface area contributed by atoms with Crippen molar-refractivity contribution in [3.8, 4) is 11.4 Å². The maximum Gasteiger partial charge on any atom is 0.245 e. The zero-order valence-electron chi connectivity index (χ0n) is 11.4. The normalized spacial score (nSPS) is 19.4. The van der Waals surface area contributed by atoms with Gasteiger partial charge in [0.05, 0.1) is 0 Å². The molecule has 0 spiro atoms. The lowest BCUT2D eigenvalue weighted by Crippen LogP contribution is -2.43. The Hall–Kier alpha value is -1.59. The van der Waals surface area contributed by atoms with E-state index in [0.717, 1.165) is 48.8 Å². The summed E-state index contributed by atoms with van der Waals surface area (Å²) in [7, 11) is 0. The molecule has 3 N–H and O–H groups in total. The fourth-order valence-electron chi connectivity index (χ4n) is 2.56. The number of nitrogens with zero attached hydrogens (tertiary/aromatic N) is 3. The van der Waals surface area contributed by atoms with Crippen molar-refractivity contribution in [2.45, 2.75) is 25.8 Å². The summed E-state index contributed by atoms with van der Waals surface area (Å²) in [6.45, 7) is 3.80. The van der Waals surface area contributed by atoms with E-state index in [-0.39, 0.29) is 6.04 Å². The highest BCUT2D eigenvalue weighted by Crippen LogP contribution is 2.25. The van der Waals surface area contributed by atoms with Crippen LogP contribution in [0.4, 0.5) is 5.95 Å². The van der Waals surface area contributed by atoms with E-state index in [4.69, 9.17) is 17.3 Å². The number of rotatable bonds is 2. The second-order valence-corrected chi connectivity index (χ2v) is 5.73. The van der Waals surface area contributed by atoms with Crippen molar-refractivity contribution >= 4 is 17.5 Å². The Bertz CT molecular complexity index is 609. The molecule has 6 heteroatoms. The van der Waals surface area contributed by atoms with Gasteiger partial charge >= 0.3 is 0 Å². The number of aromatic nitrogens is 3. The number of nitrogens with one attached hydrogen (secondary N) is 1. The molecule has 1 aliphatic rings. The average Bonchev–Trinajstić information content (AvgIpc) is 2.91. The SMILES string of the molecule is Cc1ccc(Cl)cc1-c1nc(N2CCCC(N)C2)n[nH]1. The van der Waals surface area contributed by atoms with Gasteiger partial charge in [-0.25, -0.2) is 0 Å². The molecule has 1 aromatic heterocycles. The predicted octanol–water partition coefficient (Wildman–Crippen LogP) is 2.36. The number of H-pyrrole nitrogens is 1. The number of hydrogen-bond acceptors (Lipinski definition) is 4. The van der Waals surface area contributed by atoms with Crippen LogP contribution in [-0.4, -0.2) is 34.3 Å². The molecular formula is C14H18ClN5. The lowest BCUT2D eigenvalue weighted by atomic mass is 10.1. The highest BCUT2D eigenvalue weighted by atomic mass is 35.5. The lowest BCUT2D eigenvalue weighted by Gasteiger charge is -2.29. The zero-order chi connectivity index (χ0) is 14.1. The molecule has 2 heterocycles. The van der Waals surface area contributed by atoms with Crippen LogP contribution >= 0.6 is 11.6 Å². The first-order valence-corrected chi connectivity index (χ1v) is 7.21. The molecule has 3 rings (SSSR count). The van der Waals surface area contributed by atoms with Gasteiger partial charge in [0.1, 0.15) is 0 Å². The first kappa shape index (κ1) is 13.4. The van der Waals surface area contributed by atoms with Gasteiger partial charge in [-0.05, 0) is 37.5 Å². The van der Waals surface area contributed by atoms with Crippen LogP contribution in [0.1, 0.15) is 18.4 Å². The number of piperidine rings is 1. The molecule has 0 bridgehead atoms. The monoisotopic (exact) mass is 291 g/mol. The third-order valence-electron chi connectivity index (χ3n) is 3.67. The van der Waals surface area contributed by atoms with Crippen molar-refractivity contribution in [3.63, 3.8) is 0 Å². The maximum atomic E-state index is 6.05. The summed E-state index contributed by atoms with van der Waals surface area (Å²) in [5, 5.41) is 8.01. The molecule has 0 radical (unpaired) electrons. The number of nitrogens with two attached hydrogens (primary N) is 1. The van der Waals surface area contributed by atoms with Gasteiger partial charge in [0.15, 0.2) is 5.82 Å². The molecule has 1 saturated heterocycles. The molecule has 1 aliphatic heterocycles. The van der Waals surface area contributed by atoms with E-state index in [1.165, 1.54) is 0 Å². The van der Waals surface area contributed by atoms with Gasteiger partial charge in [0, 0.05) is 29.7 Å². The highest BCUT2D eigenvalue weighted by Gasteiger charge is 2.20. The molecule has 2 aromatic rings. The molecule has 0 amide bonds. The summed E-state index contributed by atoms with van der Waals surface area (Å²) in [5.74, 6) is 1.47. The fraction of sp³-hybridized carbons (Fsp3) is 0.429. The number of aromatic amines is 1. The van der Waals surface area contributed by atoms with Crippen LogP contribution in [0.5, 0.6) is 0 Å². The minimum atomic E-state index is 0.207. The third-order valence-corrected chi connectivity index (χ3v) is 3.90. The van der Waals surface area contributed by atoms with Crippen molar-refractivity contribution < 1.29 is 0 Å². The van der Waals surface area contributed by atoms with Gasteiger partial charge in [0.25, 0.3) is 0 Å². The summed E-state index contributed by atoms with van der Waals surface area (Å²) in [6, 6.07) is 5.97. The van der Waals surface area contributed by atoms with E-state index >= 15 is 0 Å². The Kier molecular flexibility index (Phi) is 3.63. The molecule has 0 aliphatic carbocycles. The molecule has 5 nitrogen and oxygen atoms in total. The molecule has 1 atom stereocenters. The minimum Gasteiger partial charge on any atom is -0.338 e. The summed E-state index contributed by atoms with van der Waals surface area (Å²) in [6.07, 6.45) is 2.16. The summed E-state index contributed by atoms with van der Waals surface area (Å²) < 4.78 is 0. The summed E-state index contributed by atoms with van der Waals surface area (Å²) >= 11 is 6.05. The topological polar surface area (TPSA) is 70.8 Å². The highest BCUT2D eigenvalue weighted by molar-refractivity contribution is 6.30. The number of aryl methyl sites for hydroxylation is 1. The van der Waals surface area contributed by atoms with Crippen LogP contribution in [0.3, 0.4) is 0 Å². The number of anilines is 1. The van der Waals surface area contributed by atoms with Crippen molar-refractivity contribution in [3.05, 3.63) is 28.8 Å². The van der Waals surface area contributed by atoms with Crippen LogP contribution in [-0.2, 0) is 0 Å². The number of benzene rings is 1. The van der Waals surface area contributed by atoms with Crippen molar-refractivity contribution in [2.24, 2.45) is 5.73 Å². The van der Waals surface area contributed by atoms with Crippen LogP contribution in [0, 0.1) is 6.92 Å². The van der Waals surface area contributed by atoms with E-state index in [1.54, 1.807) is 0 Å². The van der Waals surface area contributed by atoms with E-state index < -0.39 is 0 Å². The van der Waals surface area contributed by atoms with Crippen LogP contribution in [0.25, 0.3) is 11.4 Å². The van der Waals surface area contributed by atoms with E-state index in [1.807, 2.05) is 25.1 Å². The Morgan fingerprint density at radius 3 is 3.10 bits per heavy atom. The van der Waals surface area contributed by atoms with Gasteiger partial charge in [0.2, 0.25) is 5.95 Å². The van der Waals surface area contributed by atoms with Crippen molar-refractivity contribution in [2.75, 3.05) is 18.0 Å². The van der Waals surface area contributed by atoms with Gasteiger partial charge in [-0.15, -0.1) is 5.10 Å². The molecule has 1 unspecified atom stereocenters. The Labute approximate surface area is 123 Å². The molecule has 1 fully saturated rings. The Morgan fingerprint density at radius 2 is 2.30 bits per heavy atom. The molecule has 0 saturated carbocycles. The van der Waals surface area contributed by atoms with E-state index in [0.29, 0.717) is 5.02 Å². The van der Waals surface area contributed by atoms with E-state index in [2.05, 4.69) is 20.1 Å². The zero-order valence-corrected chi connectivity index (χ0v) is 12.2. The Balaban J connectivity index is 1.88. The summed E-state index contributed by atoms with van der Waals surface area (Å²) in [4.78, 5) is 6.72. The third kappa shape index (κ3) is 2.64. The predicted molar refractivity (Wildman–Crippen MR) is 81.0 cm³/mol. The second-order valence-electron chi connectivity index (χ2n) is 5.29. The van der Waals surface area contributed by atoms with Crippen LogP contribution in [0.15, 0.2) is 18.2 Å².